The van der Waals surface area contributed by atoms with Crippen molar-refractivity contribution in [1.82, 2.24) is 10.3 Å². The Morgan fingerprint density at radius 2 is 2.16 bits per heavy atom. The van der Waals surface area contributed by atoms with Gasteiger partial charge in [0.2, 0.25) is 0 Å². The van der Waals surface area contributed by atoms with Gasteiger partial charge in [-0.15, -0.1) is 11.3 Å². The molecule has 3 nitrogen and oxygen atoms in total. The molecule has 1 aromatic heterocycles. The van der Waals surface area contributed by atoms with Crippen LogP contribution in [0.3, 0.4) is 0 Å². The minimum Gasteiger partial charge on any atom is -0.372 e. The Kier molecular flexibility index (Phi) is 4.81. The summed E-state index contributed by atoms with van der Waals surface area (Å²) in [4.78, 5) is 5.75. The SMILES string of the molecule is CNCc1sc(CCOCC(F)(F)F)nc1C1CC1. The van der Waals surface area contributed by atoms with Crippen LogP contribution in [0.1, 0.15) is 34.3 Å². The van der Waals surface area contributed by atoms with E-state index in [1.807, 2.05) is 7.05 Å². The van der Waals surface area contributed by atoms with Crippen LogP contribution in [0, 0.1) is 0 Å². The maximum absolute atomic E-state index is 11.9. The van der Waals surface area contributed by atoms with Gasteiger partial charge in [-0.3, -0.25) is 0 Å². The van der Waals surface area contributed by atoms with E-state index in [-0.39, 0.29) is 6.61 Å². The first kappa shape index (κ1) is 14.7. The third-order valence-electron chi connectivity index (χ3n) is 2.80. The second-order valence-corrected chi connectivity index (χ2v) is 5.81. The zero-order valence-corrected chi connectivity index (χ0v) is 11.5. The molecule has 1 N–H and O–H groups in total. The Morgan fingerprint density at radius 1 is 1.42 bits per heavy atom. The highest BCUT2D eigenvalue weighted by Gasteiger charge is 2.29. The number of alkyl halides is 3. The van der Waals surface area contributed by atoms with Gasteiger partial charge in [0.25, 0.3) is 0 Å². The van der Waals surface area contributed by atoms with E-state index in [0.29, 0.717) is 12.3 Å². The topological polar surface area (TPSA) is 34.1 Å². The van der Waals surface area contributed by atoms with E-state index in [4.69, 9.17) is 0 Å². The molecule has 7 heteroatoms. The summed E-state index contributed by atoms with van der Waals surface area (Å²) in [6.45, 7) is -0.347. The molecule has 1 saturated carbocycles. The van der Waals surface area contributed by atoms with Gasteiger partial charge in [-0.05, 0) is 19.9 Å². The van der Waals surface area contributed by atoms with Gasteiger partial charge < -0.3 is 10.1 Å². The van der Waals surface area contributed by atoms with Crippen LogP contribution in [0.4, 0.5) is 13.2 Å². The Morgan fingerprint density at radius 3 is 2.74 bits per heavy atom. The molecule has 0 saturated heterocycles. The zero-order valence-electron chi connectivity index (χ0n) is 10.7. The number of thiazole rings is 1. The van der Waals surface area contributed by atoms with E-state index >= 15 is 0 Å². The summed E-state index contributed by atoms with van der Waals surface area (Å²) in [7, 11) is 1.88. The lowest BCUT2D eigenvalue weighted by atomic mass is 10.2. The summed E-state index contributed by atoms with van der Waals surface area (Å²) < 4.78 is 40.4. The van der Waals surface area contributed by atoms with Crippen molar-refractivity contribution >= 4 is 11.3 Å². The summed E-state index contributed by atoms with van der Waals surface area (Å²) in [6, 6.07) is 0. The molecule has 0 aliphatic heterocycles. The fraction of sp³-hybridized carbons (Fsp3) is 0.750. The molecule has 1 heterocycles. The Balaban J connectivity index is 1.84. The second kappa shape index (κ2) is 6.19. The Bertz CT molecular complexity index is 416. The lowest BCUT2D eigenvalue weighted by Crippen LogP contribution is -2.17. The van der Waals surface area contributed by atoms with Crippen molar-refractivity contribution in [2.75, 3.05) is 20.3 Å². The van der Waals surface area contributed by atoms with Crippen molar-refractivity contribution in [2.45, 2.75) is 37.9 Å². The smallest absolute Gasteiger partial charge is 0.372 e. The normalized spacial score (nSPS) is 16.0. The highest BCUT2D eigenvalue weighted by Crippen LogP contribution is 2.42. The Labute approximate surface area is 114 Å². The van der Waals surface area contributed by atoms with Crippen LogP contribution in [0.25, 0.3) is 0 Å². The summed E-state index contributed by atoms with van der Waals surface area (Å²) >= 11 is 1.58. The molecule has 108 valence electrons. The van der Waals surface area contributed by atoms with Gasteiger partial charge in [0.05, 0.1) is 17.3 Å². The molecular weight excluding hydrogens is 277 g/mol. The van der Waals surface area contributed by atoms with Gasteiger partial charge in [-0.25, -0.2) is 4.98 Å². The van der Waals surface area contributed by atoms with Crippen molar-refractivity contribution in [3.8, 4) is 0 Å². The van der Waals surface area contributed by atoms with Gasteiger partial charge in [0.15, 0.2) is 0 Å². The summed E-state index contributed by atoms with van der Waals surface area (Å²) in [6.07, 6.45) is -1.46. The third-order valence-corrected chi connectivity index (χ3v) is 3.93. The summed E-state index contributed by atoms with van der Waals surface area (Å²) in [5, 5.41) is 3.97. The molecule has 0 spiro atoms. The lowest BCUT2D eigenvalue weighted by Gasteiger charge is -2.06. The first-order valence-electron chi connectivity index (χ1n) is 6.27. The number of aromatic nitrogens is 1. The molecule has 1 aliphatic carbocycles. The molecule has 19 heavy (non-hydrogen) atoms. The molecule has 0 unspecified atom stereocenters. The number of hydrogen-bond donors (Lipinski definition) is 1. The molecule has 0 atom stereocenters. The summed E-state index contributed by atoms with van der Waals surface area (Å²) in [5.41, 5.74) is 1.13. The maximum Gasteiger partial charge on any atom is 0.411 e. The first-order chi connectivity index (χ1) is 8.99. The molecule has 0 amide bonds. The number of rotatable bonds is 7. The predicted octanol–water partition coefficient (Wildman–Crippen LogP) is 2.86. The van der Waals surface area contributed by atoms with E-state index < -0.39 is 12.8 Å². The molecule has 0 radical (unpaired) electrons. The lowest BCUT2D eigenvalue weighted by molar-refractivity contribution is -0.173. The minimum atomic E-state index is -4.25. The monoisotopic (exact) mass is 294 g/mol. The van der Waals surface area contributed by atoms with Crippen LogP contribution in [0.2, 0.25) is 0 Å². The van der Waals surface area contributed by atoms with Crippen LogP contribution in [-0.2, 0) is 17.7 Å². The second-order valence-electron chi connectivity index (χ2n) is 4.64. The highest BCUT2D eigenvalue weighted by molar-refractivity contribution is 7.11. The quantitative estimate of drug-likeness (QED) is 0.785. The fourth-order valence-electron chi connectivity index (χ4n) is 1.83. The third kappa shape index (κ3) is 4.74. The fourth-order valence-corrected chi connectivity index (χ4v) is 2.98. The van der Waals surface area contributed by atoms with E-state index in [0.717, 1.165) is 17.2 Å². The van der Waals surface area contributed by atoms with Crippen LogP contribution in [0.15, 0.2) is 0 Å². The van der Waals surface area contributed by atoms with Crippen LogP contribution in [-0.4, -0.2) is 31.4 Å². The number of nitrogens with zero attached hydrogens (tertiary/aromatic N) is 1. The van der Waals surface area contributed by atoms with Crippen molar-refractivity contribution in [1.29, 1.82) is 0 Å². The standard InChI is InChI=1S/C12H17F3N2OS/c1-16-6-9-11(8-2-3-8)17-10(19-9)4-5-18-7-12(13,14)15/h8,16H,2-7H2,1H3. The van der Waals surface area contributed by atoms with Gasteiger partial charge in [0.1, 0.15) is 6.61 Å². The van der Waals surface area contributed by atoms with Gasteiger partial charge >= 0.3 is 6.18 Å². The molecule has 1 aromatic rings. The largest absolute Gasteiger partial charge is 0.411 e. The maximum atomic E-state index is 11.9. The van der Waals surface area contributed by atoms with Crippen molar-refractivity contribution in [2.24, 2.45) is 0 Å². The average molecular weight is 294 g/mol. The highest BCUT2D eigenvalue weighted by atomic mass is 32.1. The average Bonchev–Trinajstić information content (AvgIpc) is 3.08. The molecule has 0 bridgehead atoms. The number of ether oxygens (including phenoxy) is 1. The van der Waals surface area contributed by atoms with Gasteiger partial charge in [-0.2, -0.15) is 13.2 Å². The van der Waals surface area contributed by atoms with E-state index in [1.165, 1.54) is 17.7 Å². The van der Waals surface area contributed by atoms with Crippen molar-refractivity contribution in [3.63, 3.8) is 0 Å². The van der Waals surface area contributed by atoms with E-state index in [2.05, 4.69) is 15.0 Å². The van der Waals surface area contributed by atoms with Gasteiger partial charge in [0, 0.05) is 23.8 Å². The molecule has 1 fully saturated rings. The molecule has 1 aliphatic rings. The van der Waals surface area contributed by atoms with Crippen molar-refractivity contribution < 1.29 is 17.9 Å². The van der Waals surface area contributed by atoms with E-state index in [9.17, 15) is 13.2 Å². The zero-order chi connectivity index (χ0) is 13.9. The van der Waals surface area contributed by atoms with Crippen LogP contribution in [0.5, 0.6) is 0 Å². The number of nitrogens with one attached hydrogen (secondary N) is 1. The summed E-state index contributed by atoms with van der Waals surface area (Å²) in [5.74, 6) is 0.560. The van der Waals surface area contributed by atoms with E-state index in [1.54, 1.807) is 11.3 Å². The molecule has 0 aromatic carbocycles. The first-order valence-corrected chi connectivity index (χ1v) is 7.09. The van der Waals surface area contributed by atoms with Crippen molar-refractivity contribution in [3.05, 3.63) is 15.6 Å². The number of hydrogen-bond acceptors (Lipinski definition) is 4. The molecule has 2 rings (SSSR count). The minimum absolute atomic E-state index is 0.0656. The van der Waals surface area contributed by atoms with Gasteiger partial charge in [-0.1, -0.05) is 0 Å². The van der Waals surface area contributed by atoms with Crippen LogP contribution < -0.4 is 5.32 Å². The predicted molar refractivity (Wildman–Crippen MR) is 67.4 cm³/mol. The Hall–Kier alpha value is -0.660. The van der Waals surface area contributed by atoms with Crippen LogP contribution >= 0.6 is 11.3 Å². The number of halogens is 3. The molecular formula is C12H17F3N2OS.